The predicted octanol–water partition coefficient (Wildman–Crippen LogP) is 2.35. The highest BCUT2D eigenvalue weighted by Gasteiger charge is 2.17. The number of anilines is 1. The van der Waals surface area contributed by atoms with E-state index in [-0.39, 0.29) is 21.7 Å². The van der Waals surface area contributed by atoms with Crippen LogP contribution in [0.3, 0.4) is 0 Å². The molecule has 122 valence electrons. The Morgan fingerprint density at radius 3 is 2.78 bits per heavy atom. The molecule has 10 heteroatoms. The van der Waals surface area contributed by atoms with Crippen molar-refractivity contribution in [2.75, 3.05) is 12.4 Å². The average Bonchev–Trinajstić information content (AvgIpc) is 2.83. The van der Waals surface area contributed by atoms with Crippen LogP contribution in [-0.2, 0) is 16.1 Å². The van der Waals surface area contributed by atoms with Gasteiger partial charge in [0.05, 0.1) is 17.8 Å². The van der Waals surface area contributed by atoms with Crippen LogP contribution in [0.1, 0.15) is 15.4 Å². The Morgan fingerprint density at radius 1 is 1.43 bits per heavy atom. The number of thiazole rings is 1. The molecule has 23 heavy (non-hydrogen) atoms. The third kappa shape index (κ3) is 4.10. The van der Waals surface area contributed by atoms with Crippen LogP contribution in [0.5, 0.6) is 0 Å². The lowest BCUT2D eigenvalue weighted by molar-refractivity contribution is -0.116. The van der Waals surface area contributed by atoms with Crippen molar-refractivity contribution in [2.45, 2.75) is 13.5 Å². The number of methoxy groups -OCH3 is 1. The van der Waals surface area contributed by atoms with Gasteiger partial charge in [-0.05, 0) is 13.0 Å². The van der Waals surface area contributed by atoms with Gasteiger partial charge in [-0.3, -0.25) is 9.59 Å². The Balaban J connectivity index is 2.15. The van der Waals surface area contributed by atoms with E-state index >= 15 is 0 Å². The second-order valence-corrected chi connectivity index (χ2v) is 6.26. The molecule has 0 aliphatic heterocycles. The summed E-state index contributed by atoms with van der Waals surface area (Å²) in [6.07, 6.45) is 1.31. The number of aryl methyl sites for hydroxylation is 1. The van der Waals surface area contributed by atoms with Crippen LogP contribution < -0.4 is 10.9 Å². The van der Waals surface area contributed by atoms with E-state index in [2.05, 4.69) is 15.0 Å². The summed E-state index contributed by atoms with van der Waals surface area (Å²) in [4.78, 5) is 39.7. The molecular formula is C13H11Cl2N3O4S. The summed E-state index contributed by atoms with van der Waals surface area (Å²) >= 11 is 12.5. The molecule has 0 bridgehead atoms. The standard InChI is InChI=1S/C13H11Cl2N3O4S/c1-6-10(12(21)22-2)23-13(16-6)17-9(19)5-18-4-7(14)3-8(15)11(18)20/h3-4H,5H2,1-2H3,(H,16,17,19). The number of pyridine rings is 1. The SMILES string of the molecule is COC(=O)c1sc(NC(=O)Cn2cc(Cl)cc(Cl)c2=O)nc1C. The first-order chi connectivity index (χ1) is 10.8. The number of amides is 1. The fourth-order valence-electron chi connectivity index (χ4n) is 1.73. The number of halogens is 2. The number of nitrogens with one attached hydrogen (secondary N) is 1. The van der Waals surface area contributed by atoms with Gasteiger partial charge in [0.1, 0.15) is 16.4 Å². The van der Waals surface area contributed by atoms with Crippen molar-refractivity contribution in [1.82, 2.24) is 9.55 Å². The summed E-state index contributed by atoms with van der Waals surface area (Å²) in [5.41, 5.74) is -0.0862. The van der Waals surface area contributed by atoms with E-state index in [4.69, 9.17) is 23.2 Å². The zero-order valence-electron chi connectivity index (χ0n) is 12.1. The molecule has 0 aliphatic rings. The van der Waals surface area contributed by atoms with Crippen LogP contribution in [0.2, 0.25) is 10.0 Å². The number of esters is 1. The molecule has 0 saturated carbocycles. The van der Waals surface area contributed by atoms with E-state index in [0.717, 1.165) is 15.9 Å². The molecule has 2 heterocycles. The lowest BCUT2D eigenvalue weighted by Crippen LogP contribution is -2.27. The van der Waals surface area contributed by atoms with E-state index in [9.17, 15) is 14.4 Å². The van der Waals surface area contributed by atoms with E-state index in [1.54, 1.807) is 6.92 Å². The maximum Gasteiger partial charge on any atom is 0.350 e. The van der Waals surface area contributed by atoms with Gasteiger partial charge in [-0.1, -0.05) is 34.5 Å². The highest BCUT2D eigenvalue weighted by molar-refractivity contribution is 7.17. The molecule has 1 amide bonds. The van der Waals surface area contributed by atoms with Crippen LogP contribution >= 0.6 is 34.5 Å². The molecule has 0 aromatic carbocycles. The zero-order valence-corrected chi connectivity index (χ0v) is 14.4. The Bertz CT molecular complexity index is 831. The number of aromatic nitrogens is 2. The van der Waals surface area contributed by atoms with Gasteiger partial charge < -0.3 is 14.6 Å². The second-order valence-electron chi connectivity index (χ2n) is 4.41. The third-order valence-corrected chi connectivity index (χ3v) is 4.27. The Kier molecular flexibility index (Phi) is 5.40. The molecule has 2 aromatic heterocycles. The maximum atomic E-state index is 12.0. The Hall–Kier alpha value is -1.90. The number of hydrogen-bond donors (Lipinski definition) is 1. The van der Waals surface area contributed by atoms with E-state index in [1.807, 2.05) is 0 Å². The van der Waals surface area contributed by atoms with Crippen molar-refractivity contribution >= 4 is 51.5 Å². The molecule has 7 nitrogen and oxygen atoms in total. The summed E-state index contributed by atoms with van der Waals surface area (Å²) in [5, 5.41) is 2.90. The highest BCUT2D eigenvalue weighted by atomic mass is 35.5. The van der Waals surface area contributed by atoms with Crippen molar-refractivity contribution in [2.24, 2.45) is 0 Å². The summed E-state index contributed by atoms with van der Waals surface area (Å²) < 4.78 is 5.70. The number of hydrogen-bond acceptors (Lipinski definition) is 6. The van der Waals surface area contributed by atoms with E-state index in [0.29, 0.717) is 10.6 Å². The predicted molar refractivity (Wildman–Crippen MR) is 87.5 cm³/mol. The first kappa shape index (κ1) is 17.5. The normalized spacial score (nSPS) is 10.4. The number of rotatable bonds is 4. The van der Waals surface area contributed by atoms with Crippen LogP contribution in [0, 0.1) is 6.92 Å². The third-order valence-electron chi connectivity index (χ3n) is 2.74. The summed E-state index contributed by atoms with van der Waals surface area (Å²) in [5.74, 6) is -1.03. The summed E-state index contributed by atoms with van der Waals surface area (Å²) in [6.45, 7) is 1.34. The fraction of sp³-hybridized carbons (Fsp3) is 0.231. The van der Waals surface area contributed by atoms with Crippen LogP contribution in [0.4, 0.5) is 5.13 Å². The lowest BCUT2D eigenvalue weighted by Gasteiger charge is -2.06. The first-order valence-electron chi connectivity index (χ1n) is 6.23. The largest absolute Gasteiger partial charge is 0.465 e. The number of carbonyl (C=O) groups excluding carboxylic acids is 2. The summed E-state index contributed by atoms with van der Waals surface area (Å²) in [6, 6.07) is 1.30. The van der Waals surface area contributed by atoms with Crippen molar-refractivity contribution in [3.8, 4) is 0 Å². The van der Waals surface area contributed by atoms with Crippen molar-refractivity contribution in [3.63, 3.8) is 0 Å². The topological polar surface area (TPSA) is 90.3 Å². The van der Waals surface area contributed by atoms with Gasteiger partial charge in [-0.2, -0.15) is 0 Å². The molecule has 0 atom stereocenters. The fourth-order valence-corrected chi connectivity index (χ4v) is 3.14. The molecule has 0 unspecified atom stereocenters. The number of carbonyl (C=O) groups is 2. The maximum absolute atomic E-state index is 12.0. The number of ether oxygens (including phenoxy) is 1. The summed E-state index contributed by atoms with van der Waals surface area (Å²) in [7, 11) is 1.26. The van der Waals surface area contributed by atoms with Gasteiger partial charge in [0, 0.05) is 6.20 Å². The smallest absolute Gasteiger partial charge is 0.350 e. The van der Waals surface area contributed by atoms with Gasteiger partial charge in [-0.25, -0.2) is 9.78 Å². The van der Waals surface area contributed by atoms with Gasteiger partial charge in [0.25, 0.3) is 5.56 Å². The quantitative estimate of drug-likeness (QED) is 0.828. The van der Waals surface area contributed by atoms with E-state index in [1.165, 1.54) is 19.4 Å². The molecule has 0 saturated heterocycles. The zero-order chi connectivity index (χ0) is 17.1. The molecule has 0 radical (unpaired) electrons. The molecule has 2 aromatic rings. The first-order valence-corrected chi connectivity index (χ1v) is 7.80. The lowest BCUT2D eigenvalue weighted by atomic mass is 10.4. The van der Waals surface area contributed by atoms with E-state index < -0.39 is 17.4 Å². The van der Waals surface area contributed by atoms with Crippen LogP contribution in [-0.4, -0.2) is 28.5 Å². The number of nitrogens with zero attached hydrogens (tertiary/aromatic N) is 2. The minimum atomic E-state index is -0.531. The molecule has 0 fully saturated rings. The van der Waals surface area contributed by atoms with Crippen LogP contribution in [0.25, 0.3) is 0 Å². The average molecular weight is 376 g/mol. The second kappa shape index (κ2) is 7.12. The van der Waals surface area contributed by atoms with Gasteiger partial charge in [-0.15, -0.1) is 0 Å². The van der Waals surface area contributed by atoms with Gasteiger partial charge >= 0.3 is 5.97 Å². The molecule has 1 N–H and O–H groups in total. The Morgan fingerprint density at radius 2 is 2.13 bits per heavy atom. The van der Waals surface area contributed by atoms with Crippen LogP contribution in [0.15, 0.2) is 17.1 Å². The minimum absolute atomic E-state index is 0.0802. The van der Waals surface area contributed by atoms with Crippen molar-refractivity contribution in [1.29, 1.82) is 0 Å². The van der Waals surface area contributed by atoms with Gasteiger partial charge in [0.15, 0.2) is 5.13 Å². The molecular weight excluding hydrogens is 365 g/mol. The highest BCUT2D eigenvalue weighted by Crippen LogP contribution is 2.23. The van der Waals surface area contributed by atoms with Gasteiger partial charge in [0.2, 0.25) is 5.91 Å². The molecule has 0 spiro atoms. The minimum Gasteiger partial charge on any atom is -0.465 e. The van der Waals surface area contributed by atoms with Crippen molar-refractivity contribution in [3.05, 3.63) is 43.2 Å². The monoisotopic (exact) mass is 375 g/mol. The molecule has 0 aliphatic carbocycles. The van der Waals surface area contributed by atoms with Crippen molar-refractivity contribution < 1.29 is 14.3 Å². The Labute approximate surface area is 144 Å². The molecule has 2 rings (SSSR count).